The van der Waals surface area contributed by atoms with Gasteiger partial charge in [0.25, 0.3) is 0 Å². The van der Waals surface area contributed by atoms with Crippen molar-refractivity contribution < 1.29 is 20.1 Å². The van der Waals surface area contributed by atoms with E-state index in [4.69, 9.17) is 0 Å². The summed E-state index contributed by atoms with van der Waals surface area (Å²) >= 11 is 0. The molecule has 1 aliphatic rings. The van der Waals surface area contributed by atoms with Crippen LogP contribution in [0.3, 0.4) is 0 Å². The average Bonchev–Trinajstić information content (AvgIpc) is 3.20. The Bertz CT molecular complexity index is 943. The summed E-state index contributed by atoms with van der Waals surface area (Å²) in [6.45, 7) is 4.46. The van der Waals surface area contributed by atoms with Gasteiger partial charge in [-0.05, 0) is 76.4 Å². The lowest BCUT2D eigenvalue weighted by molar-refractivity contribution is 0.424. The Morgan fingerprint density at radius 3 is 1.86 bits per heavy atom. The first-order valence-corrected chi connectivity index (χ1v) is 14.0. The summed E-state index contributed by atoms with van der Waals surface area (Å²) in [6.07, 6.45) is 16.9. The van der Waals surface area contributed by atoms with E-state index in [1.807, 2.05) is 12.1 Å². The molecule has 0 spiro atoms. The molecule has 0 saturated carbocycles. The molecule has 0 aromatic heterocycles. The van der Waals surface area contributed by atoms with Crippen molar-refractivity contribution in [2.45, 2.75) is 110 Å². The molecule has 6 heteroatoms. The second-order valence-corrected chi connectivity index (χ2v) is 10.3. The van der Waals surface area contributed by atoms with Gasteiger partial charge in [0, 0.05) is 0 Å². The van der Waals surface area contributed by atoms with Gasteiger partial charge in [-0.1, -0.05) is 102 Å². The normalized spacial score (nSPS) is 12.1. The van der Waals surface area contributed by atoms with E-state index >= 15 is 0 Å². The van der Waals surface area contributed by atoms with Gasteiger partial charge in [-0.3, -0.25) is 0 Å². The maximum Gasteiger partial charge on any atom is 0.488 e. The molecule has 2 aromatic carbocycles. The molecule has 190 valence electrons. The second kappa shape index (κ2) is 14.2. The Morgan fingerprint density at radius 1 is 0.657 bits per heavy atom. The van der Waals surface area contributed by atoms with Crippen LogP contribution in [0.25, 0.3) is 11.1 Å². The molecule has 0 aliphatic heterocycles. The van der Waals surface area contributed by atoms with Crippen LogP contribution >= 0.6 is 0 Å². The highest BCUT2D eigenvalue weighted by Crippen LogP contribution is 2.39. The summed E-state index contributed by atoms with van der Waals surface area (Å²) < 4.78 is 0. The van der Waals surface area contributed by atoms with E-state index in [-0.39, 0.29) is 0 Å². The molecule has 4 N–H and O–H groups in total. The van der Waals surface area contributed by atoms with Crippen LogP contribution in [0.1, 0.15) is 113 Å². The Balaban J connectivity index is 1.89. The van der Waals surface area contributed by atoms with Gasteiger partial charge in [0.05, 0.1) is 0 Å². The molecule has 35 heavy (non-hydrogen) atoms. The maximum atomic E-state index is 10.5. The van der Waals surface area contributed by atoms with Gasteiger partial charge in [0.2, 0.25) is 0 Å². The molecule has 3 rings (SSSR count). The highest BCUT2D eigenvalue weighted by atomic mass is 16.4. The van der Waals surface area contributed by atoms with Gasteiger partial charge in [0.1, 0.15) is 0 Å². The van der Waals surface area contributed by atoms with Crippen LogP contribution in [-0.2, 0) is 19.3 Å². The summed E-state index contributed by atoms with van der Waals surface area (Å²) in [5.74, 6) is 0. The summed E-state index contributed by atoms with van der Waals surface area (Å²) in [5.41, 5.74) is 8.00. The fraction of sp³-hybridized carbons (Fsp3) is 0.586. The van der Waals surface area contributed by atoms with Gasteiger partial charge in [0.15, 0.2) is 0 Å². The highest BCUT2D eigenvalue weighted by molar-refractivity contribution is 6.60. The van der Waals surface area contributed by atoms with E-state index in [1.54, 1.807) is 6.07 Å². The van der Waals surface area contributed by atoms with Gasteiger partial charge in [-0.2, -0.15) is 0 Å². The molecular weight excluding hydrogens is 434 g/mol. The predicted octanol–water partition coefficient (Wildman–Crippen LogP) is 4.42. The number of hydrogen-bond acceptors (Lipinski definition) is 4. The minimum absolute atomic E-state index is 0.503. The van der Waals surface area contributed by atoms with Gasteiger partial charge < -0.3 is 20.1 Å². The van der Waals surface area contributed by atoms with E-state index in [1.165, 1.54) is 68.9 Å². The van der Waals surface area contributed by atoms with Crippen LogP contribution in [0, 0.1) is 0 Å². The van der Waals surface area contributed by atoms with Crippen LogP contribution in [0.5, 0.6) is 0 Å². The van der Waals surface area contributed by atoms with Crippen LogP contribution in [-0.4, -0.2) is 34.3 Å². The SMILES string of the molecule is CCCCCCCCc1cc2c(c(CCCCCCCC)c1B(O)O)Cc1cc(B(O)O)ccc1-2. The molecule has 1 aliphatic carbocycles. The van der Waals surface area contributed by atoms with Crippen molar-refractivity contribution in [2.75, 3.05) is 0 Å². The van der Waals surface area contributed by atoms with Crippen LogP contribution in [0.15, 0.2) is 24.3 Å². The number of benzene rings is 2. The molecule has 0 heterocycles. The standard InChI is InChI=1S/C29H44B2O4/c1-3-5-7-9-11-13-15-22-20-27-25-18-17-24(30(32)33)19-23(25)21-28(27)26(29(22)31(34)35)16-14-12-10-8-6-4-2/h17-20,32-35H,3-16,21H2,1-2H3. The van der Waals surface area contributed by atoms with E-state index in [2.05, 4.69) is 19.9 Å². The molecule has 0 amide bonds. The van der Waals surface area contributed by atoms with E-state index in [0.717, 1.165) is 59.8 Å². The van der Waals surface area contributed by atoms with Gasteiger partial charge >= 0.3 is 14.2 Å². The van der Waals surface area contributed by atoms with Crippen molar-refractivity contribution in [2.24, 2.45) is 0 Å². The topological polar surface area (TPSA) is 80.9 Å². The summed E-state index contributed by atoms with van der Waals surface area (Å²) in [4.78, 5) is 0. The van der Waals surface area contributed by atoms with Crippen LogP contribution in [0.2, 0.25) is 0 Å². The molecule has 0 radical (unpaired) electrons. The van der Waals surface area contributed by atoms with E-state index in [9.17, 15) is 20.1 Å². The summed E-state index contributed by atoms with van der Waals surface area (Å²) in [5, 5.41) is 40.3. The van der Waals surface area contributed by atoms with Crippen LogP contribution < -0.4 is 10.9 Å². The number of hydrogen-bond donors (Lipinski definition) is 4. The predicted molar refractivity (Wildman–Crippen MR) is 148 cm³/mol. The average molecular weight is 478 g/mol. The quantitative estimate of drug-likeness (QED) is 0.182. The van der Waals surface area contributed by atoms with Crippen LogP contribution in [0.4, 0.5) is 0 Å². The smallest absolute Gasteiger partial charge is 0.423 e. The molecule has 0 fully saturated rings. The van der Waals surface area contributed by atoms with Crippen molar-refractivity contribution in [1.29, 1.82) is 0 Å². The van der Waals surface area contributed by atoms with Gasteiger partial charge in [-0.15, -0.1) is 0 Å². The lowest BCUT2D eigenvalue weighted by Gasteiger charge is -2.20. The Kier molecular flexibility index (Phi) is 11.4. The van der Waals surface area contributed by atoms with E-state index in [0.29, 0.717) is 11.9 Å². The third-order valence-corrected chi connectivity index (χ3v) is 7.60. The molecule has 0 unspecified atom stereocenters. The number of aryl methyl sites for hydroxylation is 1. The van der Waals surface area contributed by atoms with Gasteiger partial charge in [-0.25, -0.2) is 0 Å². The number of fused-ring (bicyclic) bond motifs is 3. The minimum Gasteiger partial charge on any atom is -0.423 e. The fourth-order valence-corrected chi connectivity index (χ4v) is 5.67. The summed E-state index contributed by atoms with van der Waals surface area (Å²) in [7, 11) is -2.95. The van der Waals surface area contributed by atoms with Crippen molar-refractivity contribution in [3.63, 3.8) is 0 Å². The molecule has 4 nitrogen and oxygen atoms in total. The molecule has 0 saturated heterocycles. The zero-order chi connectivity index (χ0) is 25.2. The zero-order valence-electron chi connectivity index (χ0n) is 21.9. The number of unbranched alkanes of at least 4 members (excludes halogenated alkanes) is 10. The monoisotopic (exact) mass is 478 g/mol. The number of rotatable bonds is 16. The molecule has 2 aromatic rings. The van der Waals surface area contributed by atoms with Crippen molar-refractivity contribution in [3.8, 4) is 11.1 Å². The van der Waals surface area contributed by atoms with E-state index < -0.39 is 14.2 Å². The zero-order valence-corrected chi connectivity index (χ0v) is 21.9. The largest absolute Gasteiger partial charge is 0.488 e. The minimum atomic E-state index is -1.48. The third-order valence-electron chi connectivity index (χ3n) is 7.60. The Morgan fingerprint density at radius 2 is 1.26 bits per heavy atom. The van der Waals surface area contributed by atoms with Crippen molar-refractivity contribution in [3.05, 3.63) is 46.5 Å². The first-order chi connectivity index (χ1) is 17.0. The summed E-state index contributed by atoms with van der Waals surface area (Å²) in [6, 6.07) is 7.85. The third kappa shape index (κ3) is 7.45. The highest BCUT2D eigenvalue weighted by Gasteiger charge is 2.30. The lowest BCUT2D eigenvalue weighted by Crippen LogP contribution is -2.37. The van der Waals surface area contributed by atoms with Crippen molar-refractivity contribution in [1.82, 2.24) is 0 Å². The Labute approximate surface area is 213 Å². The molecule has 0 atom stereocenters. The second-order valence-electron chi connectivity index (χ2n) is 10.3. The van der Waals surface area contributed by atoms with Crippen molar-refractivity contribution >= 4 is 25.2 Å². The first kappa shape index (κ1) is 28.0. The Hall–Kier alpha value is -1.59. The molecular formula is C29H44B2O4. The maximum absolute atomic E-state index is 10.5. The first-order valence-electron chi connectivity index (χ1n) is 14.0. The lowest BCUT2D eigenvalue weighted by atomic mass is 9.69. The fourth-order valence-electron chi connectivity index (χ4n) is 5.67. The molecule has 0 bridgehead atoms.